The van der Waals surface area contributed by atoms with Crippen molar-refractivity contribution in [3.05, 3.63) is 29.3 Å². The van der Waals surface area contributed by atoms with Gasteiger partial charge in [0.25, 0.3) is 0 Å². The van der Waals surface area contributed by atoms with Crippen LogP contribution in [0.4, 0.5) is 0 Å². The fourth-order valence-electron chi connectivity index (χ4n) is 0.623. The summed E-state index contributed by atoms with van der Waals surface area (Å²) in [5.41, 5.74) is 0. The van der Waals surface area contributed by atoms with Gasteiger partial charge in [-0.3, -0.25) is 0 Å². The molecular formula is C8H5ClNO. The lowest BCUT2D eigenvalue weighted by Crippen LogP contribution is -1.92. The van der Waals surface area contributed by atoms with Crippen LogP contribution in [0.15, 0.2) is 18.2 Å². The highest BCUT2D eigenvalue weighted by atomic mass is 35.5. The third-order valence-electron chi connectivity index (χ3n) is 1.04. The van der Waals surface area contributed by atoms with Gasteiger partial charge in [0.05, 0.1) is 5.02 Å². The first-order valence-electron chi connectivity index (χ1n) is 3.00. The van der Waals surface area contributed by atoms with E-state index in [2.05, 4.69) is 6.07 Å². The van der Waals surface area contributed by atoms with Gasteiger partial charge in [0.15, 0.2) is 6.61 Å². The van der Waals surface area contributed by atoms with E-state index in [1.165, 1.54) is 0 Å². The minimum atomic E-state index is 0.0420. The second kappa shape index (κ2) is 3.85. The summed E-state index contributed by atoms with van der Waals surface area (Å²) in [7, 11) is 0. The maximum atomic E-state index is 8.18. The van der Waals surface area contributed by atoms with Crippen molar-refractivity contribution in [2.45, 2.75) is 0 Å². The van der Waals surface area contributed by atoms with Crippen molar-refractivity contribution in [2.24, 2.45) is 0 Å². The van der Waals surface area contributed by atoms with Crippen molar-refractivity contribution in [2.75, 3.05) is 6.61 Å². The summed E-state index contributed by atoms with van der Waals surface area (Å²) in [5, 5.41) is 8.67. The van der Waals surface area contributed by atoms with Crippen LogP contribution in [-0.2, 0) is 0 Å². The van der Waals surface area contributed by atoms with Crippen LogP contribution in [0.1, 0.15) is 0 Å². The normalized spacial score (nSPS) is 8.73. The van der Waals surface area contributed by atoms with Crippen LogP contribution in [0, 0.1) is 17.4 Å². The predicted molar refractivity (Wildman–Crippen MR) is 41.4 cm³/mol. The molecule has 0 fully saturated rings. The van der Waals surface area contributed by atoms with Crippen molar-refractivity contribution in [1.29, 1.82) is 5.26 Å². The number of benzene rings is 1. The molecule has 0 atom stereocenters. The monoisotopic (exact) mass is 166 g/mol. The van der Waals surface area contributed by atoms with Crippen molar-refractivity contribution in [3.63, 3.8) is 0 Å². The molecule has 0 aliphatic rings. The van der Waals surface area contributed by atoms with Gasteiger partial charge in [-0.05, 0) is 18.2 Å². The van der Waals surface area contributed by atoms with Crippen LogP contribution in [0.2, 0.25) is 5.02 Å². The number of nitrogens with zero attached hydrogens (tertiary/aromatic N) is 1. The number of hydrogen-bond donors (Lipinski definition) is 0. The van der Waals surface area contributed by atoms with Crippen LogP contribution >= 0.6 is 11.6 Å². The van der Waals surface area contributed by atoms with Crippen molar-refractivity contribution in [1.82, 2.24) is 0 Å². The fourth-order valence-corrected chi connectivity index (χ4v) is 0.794. The number of hydrogen-bond acceptors (Lipinski definition) is 2. The third-order valence-corrected chi connectivity index (χ3v) is 1.26. The van der Waals surface area contributed by atoms with E-state index in [-0.39, 0.29) is 6.61 Å². The van der Waals surface area contributed by atoms with Gasteiger partial charge in [0, 0.05) is 6.07 Å². The molecule has 0 bridgehead atoms. The molecule has 0 saturated carbocycles. The Kier molecular flexibility index (Phi) is 2.76. The Morgan fingerprint density at radius 1 is 1.73 bits per heavy atom. The van der Waals surface area contributed by atoms with Crippen LogP contribution < -0.4 is 4.74 Å². The maximum absolute atomic E-state index is 8.18. The molecule has 0 aromatic heterocycles. The number of nitriles is 1. The second-order valence-electron chi connectivity index (χ2n) is 1.82. The lowest BCUT2D eigenvalue weighted by Gasteiger charge is -1.99. The minimum Gasteiger partial charge on any atom is -0.479 e. The van der Waals surface area contributed by atoms with Gasteiger partial charge in [-0.15, -0.1) is 0 Å². The van der Waals surface area contributed by atoms with Crippen LogP contribution in [0.3, 0.4) is 0 Å². The molecule has 11 heavy (non-hydrogen) atoms. The summed E-state index contributed by atoms with van der Waals surface area (Å²) in [5.74, 6) is 0.593. The van der Waals surface area contributed by atoms with E-state index in [1.807, 2.05) is 6.07 Å². The smallest absolute Gasteiger partial charge is 0.174 e. The molecule has 0 saturated heterocycles. The van der Waals surface area contributed by atoms with E-state index >= 15 is 0 Å². The Hall–Kier alpha value is -1.20. The molecule has 2 nitrogen and oxygen atoms in total. The zero-order valence-electron chi connectivity index (χ0n) is 5.67. The first-order chi connectivity index (χ1) is 5.33. The molecule has 0 spiro atoms. The third kappa shape index (κ3) is 2.48. The van der Waals surface area contributed by atoms with Crippen molar-refractivity contribution in [3.8, 4) is 11.8 Å². The Morgan fingerprint density at radius 2 is 2.55 bits per heavy atom. The van der Waals surface area contributed by atoms with Crippen LogP contribution in [0.25, 0.3) is 0 Å². The summed E-state index contributed by atoms with van der Waals surface area (Å²) in [6.07, 6.45) is 0. The number of halogens is 1. The lowest BCUT2D eigenvalue weighted by atomic mass is 10.3. The Balaban J connectivity index is 2.65. The molecule has 0 aliphatic carbocycles. The molecule has 0 aliphatic heterocycles. The lowest BCUT2D eigenvalue weighted by molar-refractivity contribution is 0.368. The average Bonchev–Trinajstić information content (AvgIpc) is 2.01. The number of rotatable bonds is 2. The Labute approximate surface area is 70.0 Å². The molecule has 0 heterocycles. The first kappa shape index (κ1) is 7.90. The van der Waals surface area contributed by atoms with E-state index in [1.54, 1.807) is 18.2 Å². The molecule has 0 unspecified atom stereocenters. The quantitative estimate of drug-likeness (QED) is 0.674. The predicted octanol–water partition coefficient (Wildman–Crippen LogP) is 2.04. The highest BCUT2D eigenvalue weighted by Crippen LogP contribution is 2.15. The summed E-state index contributed by atoms with van der Waals surface area (Å²) in [6, 6.07) is 9.57. The summed E-state index contributed by atoms with van der Waals surface area (Å²) in [4.78, 5) is 0. The topological polar surface area (TPSA) is 33.0 Å². The van der Waals surface area contributed by atoms with Crippen molar-refractivity contribution < 1.29 is 4.74 Å². The molecule has 55 valence electrons. The van der Waals surface area contributed by atoms with Gasteiger partial charge in [-0.2, -0.15) is 5.26 Å². The molecule has 0 N–H and O–H groups in total. The SMILES string of the molecule is N#CCOc1cc[c]c(Cl)c1. The van der Waals surface area contributed by atoms with Gasteiger partial charge in [0.1, 0.15) is 11.8 Å². The number of ether oxygens (including phenoxy) is 1. The molecule has 0 amide bonds. The Morgan fingerprint density at radius 3 is 3.18 bits per heavy atom. The standard InChI is InChI=1S/C8H5ClNO/c9-7-2-1-3-8(6-7)11-5-4-10/h1,3,6H,5H2. The van der Waals surface area contributed by atoms with E-state index in [0.717, 1.165) is 0 Å². The maximum Gasteiger partial charge on any atom is 0.174 e. The van der Waals surface area contributed by atoms with E-state index in [0.29, 0.717) is 10.8 Å². The molecule has 3 heteroatoms. The summed E-state index contributed by atoms with van der Waals surface area (Å²) < 4.78 is 4.97. The van der Waals surface area contributed by atoms with Gasteiger partial charge >= 0.3 is 0 Å². The molecule has 1 radical (unpaired) electrons. The zero-order valence-corrected chi connectivity index (χ0v) is 6.43. The highest BCUT2D eigenvalue weighted by Gasteiger charge is 1.92. The molecule has 1 aromatic rings. The highest BCUT2D eigenvalue weighted by molar-refractivity contribution is 6.30. The van der Waals surface area contributed by atoms with Gasteiger partial charge in [0.2, 0.25) is 0 Å². The van der Waals surface area contributed by atoms with E-state index < -0.39 is 0 Å². The average molecular weight is 167 g/mol. The largest absolute Gasteiger partial charge is 0.479 e. The molecule has 1 aromatic carbocycles. The molecule has 1 rings (SSSR count). The van der Waals surface area contributed by atoms with Crippen molar-refractivity contribution >= 4 is 11.6 Å². The second-order valence-corrected chi connectivity index (χ2v) is 2.23. The first-order valence-corrected chi connectivity index (χ1v) is 3.37. The van der Waals surface area contributed by atoms with Gasteiger partial charge in [-0.25, -0.2) is 0 Å². The summed E-state index contributed by atoms with van der Waals surface area (Å²) in [6.45, 7) is 0.0420. The Bertz CT molecular complexity index is 280. The van der Waals surface area contributed by atoms with Gasteiger partial charge in [-0.1, -0.05) is 11.6 Å². The zero-order chi connectivity index (χ0) is 8.10. The van der Waals surface area contributed by atoms with Crippen LogP contribution in [-0.4, -0.2) is 6.61 Å². The minimum absolute atomic E-state index is 0.0420. The van der Waals surface area contributed by atoms with E-state index in [4.69, 9.17) is 21.6 Å². The van der Waals surface area contributed by atoms with Crippen LogP contribution in [0.5, 0.6) is 5.75 Å². The molecular weight excluding hydrogens is 162 g/mol. The summed E-state index contributed by atoms with van der Waals surface area (Å²) >= 11 is 5.61. The van der Waals surface area contributed by atoms with E-state index in [9.17, 15) is 0 Å². The fraction of sp³-hybridized carbons (Fsp3) is 0.125. The van der Waals surface area contributed by atoms with Gasteiger partial charge < -0.3 is 4.74 Å².